The van der Waals surface area contributed by atoms with Crippen molar-refractivity contribution in [1.82, 2.24) is 16.0 Å². The molecule has 2 heterocycles. The quantitative estimate of drug-likeness (QED) is 0.681. The predicted octanol–water partition coefficient (Wildman–Crippen LogP) is 2.56. The Bertz CT molecular complexity index is 522. The van der Waals surface area contributed by atoms with Crippen LogP contribution in [0.3, 0.4) is 0 Å². The predicted molar refractivity (Wildman–Crippen MR) is 94.7 cm³/mol. The van der Waals surface area contributed by atoms with E-state index in [2.05, 4.69) is 43.6 Å². The highest BCUT2D eigenvalue weighted by Crippen LogP contribution is 2.28. The zero-order chi connectivity index (χ0) is 17.3. The van der Waals surface area contributed by atoms with Crippen molar-refractivity contribution in [2.24, 2.45) is 0 Å². The number of aliphatic hydroxyl groups is 1. The van der Waals surface area contributed by atoms with Crippen LogP contribution in [0.5, 0.6) is 0 Å². The molecule has 1 unspecified atom stereocenters. The largest absolute Gasteiger partial charge is 0.383 e. The first-order valence-corrected chi connectivity index (χ1v) is 8.97. The lowest BCUT2D eigenvalue weighted by molar-refractivity contribution is 0.0625. The molecule has 4 N–H and O–H groups in total. The lowest BCUT2D eigenvalue weighted by atomic mass is 9.80. The van der Waals surface area contributed by atoms with Gasteiger partial charge in [0.1, 0.15) is 5.60 Å². The molecule has 0 saturated carbocycles. The van der Waals surface area contributed by atoms with E-state index in [9.17, 15) is 9.90 Å². The summed E-state index contributed by atoms with van der Waals surface area (Å²) in [7, 11) is 0. The van der Waals surface area contributed by atoms with Crippen LogP contribution in [0.1, 0.15) is 52.3 Å². The van der Waals surface area contributed by atoms with Crippen molar-refractivity contribution in [3.8, 4) is 0 Å². The van der Waals surface area contributed by atoms with E-state index in [1.165, 1.54) is 11.3 Å². The number of piperidine rings is 1. The minimum atomic E-state index is -1.04. The molecule has 5 nitrogen and oxygen atoms in total. The van der Waals surface area contributed by atoms with Gasteiger partial charge in [-0.25, -0.2) is 4.79 Å². The van der Waals surface area contributed by atoms with E-state index >= 15 is 0 Å². The van der Waals surface area contributed by atoms with Crippen molar-refractivity contribution in [2.75, 3.05) is 6.54 Å². The molecule has 1 fully saturated rings. The fourth-order valence-electron chi connectivity index (χ4n) is 3.59. The van der Waals surface area contributed by atoms with E-state index in [4.69, 9.17) is 0 Å². The first-order valence-electron chi connectivity index (χ1n) is 8.09. The smallest absolute Gasteiger partial charge is 0.315 e. The first-order chi connectivity index (χ1) is 10.5. The summed E-state index contributed by atoms with van der Waals surface area (Å²) in [5.74, 6) is 0. The van der Waals surface area contributed by atoms with Crippen molar-refractivity contribution >= 4 is 17.4 Å². The van der Waals surface area contributed by atoms with Gasteiger partial charge in [0.05, 0.1) is 6.54 Å². The molecule has 0 aromatic carbocycles. The fourth-order valence-corrected chi connectivity index (χ4v) is 4.37. The normalized spacial score (nSPS) is 23.0. The molecule has 0 radical (unpaired) electrons. The summed E-state index contributed by atoms with van der Waals surface area (Å²) in [5.41, 5.74) is -1.07. The summed E-state index contributed by atoms with van der Waals surface area (Å²) < 4.78 is 0. The highest BCUT2D eigenvalue weighted by atomic mass is 32.1. The summed E-state index contributed by atoms with van der Waals surface area (Å²) in [6.45, 7) is 10.5. The van der Waals surface area contributed by atoms with E-state index < -0.39 is 5.60 Å². The Morgan fingerprint density at radius 1 is 1.39 bits per heavy atom. The minimum absolute atomic E-state index is 0.0117. The van der Waals surface area contributed by atoms with E-state index in [1.807, 2.05) is 17.5 Å². The molecule has 0 bridgehead atoms. The molecule has 1 aliphatic heterocycles. The molecular weight excluding hydrogens is 310 g/mol. The van der Waals surface area contributed by atoms with Crippen LogP contribution in [-0.2, 0) is 5.60 Å². The molecule has 1 aromatic heterocycles. The third-order valence-corrected chi connectivity index (χ3v) is 5.29. The fraction of sp³-hybridized carbons (Fsp3) is 0.706. The highest BCUT2D eigenvalue weighted by Gasteiger charge is 2.38. The first kappa shape index (κ1) is 18.2. The molecular formula is C17H29N3O2S. The van der Waals surface area contributed by atoms with Crippen molar-refractivity contribution < 1.29 is 9.90 Å². The second-order valence-electron chi connectivity index (χ2n) is 8.08. The Kier molecular flexibility index (Phi) is 5.09. The maximum Gasteiger partial charge on any atom is 0.315 e. The van der Waals surface area contributed by atoms with Crippen LogP contribution in [0.15, 0.2) is 17.5 Å². The molecule has 1 atom stereocenters. The van der Waals surface area contributed by atoms with E-state index in [-0.39, 0.29) is 29.7 Å². The molecule has 2 amide bonds. The molecule has 2 rings (SSSR count). The summed E-state index contributed by atoms with van der Waals surface area (Å²) >= 11 is 1.49. The Morgan fingerprint density at radius 3 is 2.52 bits per heavy atom. The molecule has 0 spiro atoms. The van der Waals surface area contributed by atoms with Gasteiger partial charge in [0, 0.05) is 22.0 Å². The van der Waals surface area contributed by atoms with Gasteiger partial charge in [0.15, 0.2) is 0 Å². The number of carbonyl (C=O) groups is 1. The maximum absolute atomic E-state index is 12.2. The van der Waals surface area contributed by atoms with Gasteiger partial charge in [0.2, 0.25) is 0 Å². The number of hydrogen-bond acceptors (Lipinski definition) is 4. The van der Waals surface area contributed by atoms with Gasteiger partial charge in [-0.15, -0.1) is 11.3 Å². The van der Waals surface area contributed by atoms with Gasteiger partial charge >= 0.3 is 6.03 Å². The van der Waals surface area contributed by atoms with Gasteiger partial charge in [-0.05, 0) is 58.9 Å². The Morgan fingerprint density at radius 2 is 2.00 bits per heavy atom. The molecule has 23 heavy (non-hydrogen) atoms. The number of rotatable bonds is 4. The molecule has 1 aromatic rings. The van der Waals surface area contributed by atoms with Gasteiger partial charge in [-0.1, -0.05) is 6.07 Å². The van der Waals surface area contributed by atoms with E-state index in [0.717, 1.165) is 17.7 Å². The zero-order valence-corrected chi connectivity index (χ0v) is 15.5. The van der Waals surface area contributed by atoms with Crippen LogP contribution in [0.4, 0.5) is 4.79 Å². The van der Waals surface area contributed by atoms with E-state index in [1.54, 1.807) is 6.92 Å². The molecule has 130 valence electrons. The second-order valence-corrected chi connectivity index (χ2v) is 9.02. The molecule has 0 aliphatic carbocycles. The molecule has 6 heteroatoms. The second kappa shape index (κ2) is 6.42. The number of hydrogen-bond donors (Lipinski definition) is 4. The summed E-state index contributed by atoms with van der Waals surface area (Å²) in [6.07, 6.45) is 1.76. The average molecular weight is 340 g/mol. The zero-order valence-electron chi connectivity index (χ0n) is 14.7. The summed E-state index contributed by atoms with van der Waals surface area (Å²) in [4.78, 5) is 13.0. The van der Waals surface area contributed by atoms with Gasteiger partial charge in [-0.2, -0.15) is 0 Å². The lowest BCUT2D eigenvalue weighted by Crippen LogP contribution is -2.63. The monoisotopic (exact) mass is 339 g/mol. The van der Waals surface area contributed by atoms with Crippen molar-refractivity contribution in [3.63, 3.8) is 0 Å². The number of carbonyl (C=O) groups excluding carboxylic acids is 1. The highest BCUT2D eigenvalue weighted by molar-refractivity contribution is 7.10. The Balaban J connectivity index is 1.87. The van der Waals surface area contributed by atoms with E-state index in [0.29, 0.717) is 0 Å². The van der Waals surface area contributed by atoms with Gasteiger partial charge in [-0.3, -0.25) is 0 Å². The minimum Gasteiger partial charge on any atom is -0.383 e. The van der Waals surface area contributed by atoms with Crippen LogP contribution in [0, 0.1) is 0 Å². The SMILES string of the molecule is CC1(C)CC(NC(=O)NCC(C)(O)c2cccs2)CC(C)(C)N1. The third-order valence-electron chi connectivity index (χ3n) is 4.17. The van der Waals surface area contributed by atoms with Crippen LogP contribution >= 0.6 is 11.3 Å². The summed E-state index contributed by atoms with van der Waals surface area (Å²) in [5, 5.41) is 21.8. The molecule has 1 aliphatic rings. The van der Waals surface area contributed by atoms with Crippen molar-refractivity contribution in [2.45, 2.75) is 70.2 Å². The van der Waals surface area contributed by atoms with Crippen LogP contribution in [0.25, 0.3) is 0 Å². The Hall–Kier alpha value is -1.11. The average Bonchev–Trinajstić information content (AvgIpc) is 2.86. The van der Waals surface area contributed by atoms with Crippen molar-refractivity contribution in [1.29, 1.82) is 0 Å². The van der Waals surface area contributed by atoms with Crippen LogP contribution < -0.4 is 16.0 Å². The number of amides is 2. The standard InChI is InChI=1S/C17H29N3O2S/c1-15(2)9-12(10-16(3,4)20-15)19-14(21)18-11-17(5,22)13-7-6-8-23-13/h6-8,12,20,22H,9-11H2,1-5H3,(H2,18,19,21). The van der Waals surface area contributed by atoms with Crippen LogP contribution in [0.2, 0.25) is 0 Å². The topological polar surface area (TPSA) is 73.4 Å². The van der Waals surface area contributed by atoms with Crippen molar-refractivity contribution in [3.05, 3.63) is 22.4 Å². The Labute approximate surface area is 142 Å². The van der Waals surface area contributed by atoms with Crippen LogP contribution in [-0.4, -0.2) is 34.8 Å². The van der Waals surface area contributed by atoms with Gasteiger partial charge in [0.25, 0.3) is 0 Å². The summed E-state index contributed by atoms with van der Waals surface area (Å²) in [6, 6.07) is 3.67. The third kappa shape index (κ3) is 5.19. The number of urea groups is 1. The lowest BCUT2D eigenvalue weighted by Gasteiger charge is -2.46. The number of nitrogens with one attached hydrogen (secondary N) is 3. The number of thiophene rings is 1. The van der Waals surface area contributed by atoms with Gasteiger partial charge < -0.3 is 21.1 Å². The maximum atomic E-state index is 12.2. The molecule has 1 saturated heterocycles.